The Morgan fingerprint density at radius 2 is 2.31 bits per heavy atom. The fraction of sp³-hybridized carbons (Fsp3) is 0.455. The van der Waals surface area contributed by atoms with Crippen molar-refractivity contribution in [2.24, 2.45) is 0 Å². The molecule has 1 saturated carbocycles. The van der Waals surface area contributed by atoms with E-state index in [1.807, 2.05) is 0 Å². The van der Waals surface area contributed by atoms with Crippen LogP contribution in [0.5, 0.6) is 0 Å². The highest BCUT2D eigenvalue weighted by molar-refractivity contribution is 5.84. The van der Waals surface area contributed by atoms with Crippen molar-refractivity contribution < 1.29 is 9.18 Å². The van der Waals surface area contributed by atoms with E-state index in [4.69, 9.17) is 0 Å². The van der Waals surface area contributed by atoms with E-state index in [-0.39, 0.29) is 17.8 Å². The molecule has 16 heavy (non-hydrogen) atoms. The van der Waals surface area contributed by atoms with Crippen molar-refractivity contribution in [2.75, 3.05) is 5.32 Å². The highest BCUT2D eigenvalue weighted by atomic mass is 19.1. The van der Waals surface area contributed by atoms with Crippen LogP contribution in [0.4, 0.5) is 10.2 Å². The van der Waals surface area contributed by atoms with Gasteiger partial charge in [-0.2, -0.15) is 0 Å². The summed E-state index contributed by atoms with van der Waals surface area (Å²) in [6, 6.07) is 2.80. The second-order valence-corrected chi connectivity index (χ2v) is 4.01. The predicted octanol–water partition coefficient (Wildman–Crippen LogP) is 1.30. The van der Waals surface area contributed by atoms with Crippen LogP contribution in [-0.4, -0.2) is 23.0 Å². The third kappa shape index (κ3) is 2.92. The first-order valence-corrected chi connectivity index (χ1v) is 5.33. The maximum atomic E-state index is 12.6. The number of carbonyl (C=O) groups excluding carboxylic acids is 1. The van der Waals surface area contributed by atoms with Crippen LogP contribution in [-0.2, 0) is 4.79 Å². The monoisotopic (exact) mass is 223 g/mol. The van der Waals surface area contributed by atoms with Crippen molar-refractivity contribution in [3.8, 4) is 0 Å². The summed E-state index contributed by atoms with van der Waals surface area (Å²) < 4.78 is 12.6. The molecule has 0 radical (unpaired) electrons. The Balaban J connectivity index is 1.87. The molecule has 1 heterocycles. The summed E-state index contributed by atoms with van der Waals surface area (Å²) in [6.45, 7) is 1.75. The average molecular weight is 223 g/mol. The van der Waals surface area contributed by atoms with E-state index in [0.29, 0.717) is 11.9 Å². The van der Waals surface area contributed by atoms with Crippen molar-refractivity contribution in [1.29, 1.82) is 0 Å². The molecule has 5 heteroatoms. The van der Waals surface area contributed by atoms with Gasteiger partial charge in [-0.15, -0.1) is 0 Å². The van der Waals surface area contributed by atoms with E-state index in [2.05, 4.69) is 15.6 Å². The zero-order chi connectivity index (χ0) is 11.5. The Morgan fingerprint density at radius 3 is 2.88 bits per heavy atom. The molecule has 1 unspecified atom stereocenters. The van der Waals surface area contributed by atoms with Crippen LogP contribution < -0.4 is 10.6 Å². The number of pyridine rings is 1. The highest BCUT2D eigenvalue weighted by Gasteiger charge is 2.25. The SMILES string of the molecule is CC(Nc1ccc(F)cn1)C(=O)NC1CC1. The van der Waals surface area contributed by atoms with Crippen LogP contribution >= 0.6 is 0 Å². The van der Waals surface area contributed by atoms with E-state index in [1.54, 1.807) is 6.92 Å². The number of nitrogens with zero attached hydrogens (tertiary/aromatic N) is 1. The molecule has 1 aliphatic carbocycles. The van der Waals surface area contributed by atoms with Gasteiger partial charge in [0.1, 0.15) is 17.7 Å². The molecule has 4 nitrogen and oxygen atoms in total. The van der Waals surface area contributed by atoms with E-state index in [0.717, 1.165) is 19.0 Å². The fourth-order valence-corrected chi connectivity index (χ4v) is 1.30. The van der Waals surface area contributed by atoms with E-state index < -0.39 is 0 Å². The number of hydrogen-bond donors (Lipinski definition) is 2. The molecule has 1 aromatic heterocycles. The van der Waals surface area contributed by atoms with Crippen molar-refractivity contribution in [1.82, 2.24) is 10.3 Å². The number of carbonyl (C=O) groups is 1. The summed E-state index contributed by atoms with van der Waals surface area (Å²) in [5.41, 5.74) is 0. The van der Waals surface area contributed by atoms with Gasteiger partial charge in [-0.05, 0) is 31.9 Å². The number of amides is 1. The van der Waals surface area contributed by atoms with Gasteiger partial charge >= 0.3 is 0 Å². The molecule has 0 aromatic carbocycles. The zero-order valence-electron chi connectivity index (χ0n) is 9.03. The maximum Gasteiger partial charge on any atom is 0.242 e. The van der Waals surface area contributed by atoms with Crippen molar-refractivity contribution in [3.63, 3.8) is 0 Å². The number of rotatable bonds is 4. The molecule has 0 bridgehead atoms. The van der Waals surface area contributed by atoms with E-state index >= 15 is 0 Å². The quantitative estimate of drug-likeness (QED) is 0.809. The van der Waals surface area contributed by atoms with Crippen molar-refractivity contribution in [3.05, 3.63) is 24.1 Å². The first kappa shape index (κ1) is 10.9. The van der Waals surface area contributed by atoms with Crippen molar-refractivity contribution >= 4 is 11.7 Å². The lowest BCUT2D eigenvalue weighted by molar-refractivity contribution is -0.121. The molecule has 1 atom stereocenters. The van der Waals surface area contributed by atoms with Gasteiger partial charge in [0.2, 0.25) is 5.91 Å². The van der Waals surface area contributed by atoms with Gasteiger partial charge in [0, 0.05) is 6.04 Å². The summed E-state index contributed by atoms with van der Waals surface area (Å²) >= 11 is 0. The first-order chi connectivity index (χ1) is 7.65. The van der Waals surface area contributed by atoms with E-state index in [9.17, 15) is 9.18 Å². The van der Waals surface area contributed by atoms with Crippen molar-refractivity contribution in [2.45, 2.75) is 31.8 Å². The standard InChI is InChI=1S/C11H14FN3O/c1-7(11(16)15-9-3-4-9)14-10-5-2-8(12)6-13-10/h2,5-7,9H,3-4H2,1H3,(H,13,14)(H,15,16). The molecule has 2 N–H and O–H groups in total. The molecule has 0 saturated heterocycles. The fourth-order valence-electron chi connectivity index (χ4n) is 1.30. The molecule has 1 aliphatic rings. The molecule has 86 valence electrons. The Kier molecular flexibility index (Phi) is 3.03. The Hall–Kier alpha value is -1.65. The summed E-state index contributed by atoms with van der Waals surface area (Å²) in [5, 5.41) is 5.79. The molecule has 1 aromatic rings. The highest BCUT2D eigenvalue weighted by Crippen LogP contribution is 2.18. The van der Waals surface area contributed by atoms with Crippen LogP contribution in [0.3, 0.4) is 0 Å². The van der Waals surface area contributed by atoms with Gasteiger partial charge in [0.05, 0.1) is 6.20 Å². The second-order valence-electron chi connectivity index (χ2n) is 4.01. The minimum atomic E-state index is -0.388. The third-order valence-corrected chi connectivity index (χ3v) is 2.41. The van der Waals surface area contributed by atoms with Crippen LogP contribution in [0.25, 0.3) is 0 Å². The smallest absolute Gasteiger partial charge is 0.242 e. The third-order valence-electron chi connectivity index (χ3n) is 2.41. The van der Waals surface area contributed by atoms with Crippen LogP contribution in [0.15, 0.2) is 18.3 Å². The molecule has 0 aliphatic heterocycles. The van der Waals surface area contributed by atoms with Crippen LogP contribution in [0.2, 0.25) is 0 Å². The van der Waals surface area contributed by atoms with Gasteiger partial charge in [0.15, 0.2) is 0 Å². The van der Waals surface area contributed by atoms with Gasteiger partial charge in [-0.1, -0.05) is 0 Å². The topological polar surface area (TPSA) is 54.0 Å². The summed E-state index contributed by atoms with van der Waals surface area (Å²) in [5.74, 6) is 0.0640. The zero-order valence-corrected chi connectivity index (χ0v) is 9.03. The summed E-state index contributed by atoms with van der Waals surface area (Å²) in [4.78, 5) is 15.4. The van der Waals surface area contributed by atoms with Crippen LogP contribution in [0.1, 0.15) is 19.8 Å². The minimum Gasteiger partial charge on any atom is -0.359 e. The number of anilines is 1. The normalized spacial score (nSPS) is 16.6. The van der Waals surface area contributed by atoms with Crippen LogP contribution in [0, 0.1) is 5.82 Å². The predicted molar refractivity (Wildman–Crippen MR) is 58.4 cm³/mol. The number of nitrogens with one attached hydrogen (secondary N) is 2. The lowest BCUT2D eigenvalue weighted by Crippen LogP contribution is -2.38. The Bertz CT molecular complexity index is 375. The minimum absolute atomic E-state index is 0.0476. The number of aromatic nitrogens is 1. The van der Waals surface area contributed by atoms with Gasteiger partial charge in [-0.3, -0.25) is 4.79 Å². The van der Waals surface area contributed by atoms with Gasteiger partial charge < -0.3 is 10.6 Å². The first-order valence-electron chi connectivity index (χ1n) is 5.33. The summed E-state index contributed by atoms with van der Waals surface area (Å²) in [6.07, 6.45) is 3.24. The van der Waals surface area contributed by atoms with E-state index in [1.165, 1.54) is 12.1 Å². The van der Waals surface area contributed by atoms with Gasteiger partial charge in [-0.25, -0.2) is 9.37 Å². The largest absolute Gasteiger partial charge is 0.359 e. The van der Waals surface area contributed by atoms with Gasteiger partial charge in [0.25, 0.3) is 0 Å². The molecule has 0 spiro atoms. The number of halogens is 1. The lowest BCUT2D eigenvalue weighted by Gasteiger charge is -2.13. The molecule has 2 rings (SSSR count). The second kappa shape index (κ2) is 4.47. The Morgan fingerprint density at radius 1 is 1.56 bits per heavy atom. The summed E-state index contributed by atoms with van der Waals surface area (Å²) in [7, 11) is 0. The Labute approximate surface area is 93.3 Å². The molecule has 1 fully saturated rings. The number of hydrogen-bond acceptors (Lipinski definition) is 3. The lowest BCUT2D eigenvalue weighted by atomic mass is 10.3. The molecule has 1 amide bonds. The average Bonchev–Trinajstić information content (AvgIpc) is 3.05. The molecular formula is C11H14FN3O. The molecular weight excluding hydrogens is 209 g/mol. The maximum absolute atomic E-state index is 12.6.